The van der Waals surface area contributed by atoms with E-state index in [0.29, 0.717) is 20.8 Å². The number of hydrogen-bond acceptors (Lipinski definition) is 1. The maximum Gasteiger partial charge on any atom is 0.0562 e. The fraction of sp³-hybridized carbons (Fsp3) is 0.500. The first-order chi connectivity index (χ1) is 6.59. The Bertz CT molecular complexity index is 264. The van der Waals surface area contributed by atoms with Crippen molar-refractivity contribution in [2.45, 2.75) is 39.7 Å². The van der Waals surface area contributed by atoms with Gasteiger partial charge in [-0.3, -0.25) is 0 Å². The smallest absolute Gasteiger partial charge is 0.0562 e. The van der Waals surface area contributed by atoms with E-state index in [0.717, 1.165) is 0 Å². The molecule has 0 aliphatic rings. The van der Waals surface area contributed by atoms with Crippen molar-refractivity contribution in [3.8, 4) is 0 Å². The van der Waals surface area contributed by atoms with Gasteiger partial charge in [0.1, 0.15) is 0 Å². The highest BCUT2D eigenvalue weighted by atomic mass is 31.1. The Labute approximate surface area is 88.7 Å². The molecule has 2 heteroatoms. The zero-order chi connectivity index (χ0) is 10.6. The predicted molar refractivity (Wildman–Crippen MR) is 64.7 cm³/mol. The van der Waals surface area contributed by atoms with Crippen LogP contribution in [0, 0.1) is 0 Å². The molecule has 0 fully saturated rings. The molecule has 0 N–H and O–H groups in total. The van der Waals surface area contributed by atoms with Gasteiger partial charge in [-0.1, -0.05) is 38.1 Å². The van der Waals surface area contributed by atoms with Gasteiger partial charge >= 0.3 is 0 Å². The molecular weight excluding hydrogens is 191 g/mol. The van der Waals surface area contributed by atoms with Crippen LogP contribution in [-0.4, -0.2) is 6.10 Å². The molecule has 0 spiro atoms. The molecule has 0 aromatic heterocycles. The first kappa shape index (κ1) is 11.7. The summed E-state index contributed by atoms with van der Waals surface area (Å²) in [5.41, 5.74) is 1.39. The fourth-order valence-corrected chi connectivity index (χ4v) is 1.80. The Hall–Kier alpha value is -0.390. The van der Waals surface area contributed by atoms with Gasteiger partial charge in [0.25, 0.3) is 0 Å². The van der Waals surface area contributed by atoms with Gasteiger partial charge < -0.3 is 4.52 Å². The second kappa shape index (κ2) is 5.48. The van der Waals surface area contributed by atoms with Gasteiger partial charge in [0.15, 0.2) is 0 Å². The SMILES string of the molecule is CC(C)OPc1ccc(C(C)C)cc1. The molecule has 1 aromatic carbocycles. The van der Waals surface area contributed by atoms with E-state index in [1.54, 1.807) is 0 Å². The van der Waals surface area contributed by atoms with Crippen molar-refractivity contribution in [1.82, 2.24) is 0 Å². The van der Waals surface area contributed by atoms with Crippen LogP contribution in [0.1, 0.15) is 39.2 Å². The average molecular weight is 210 g/mol. The van der Waals surface area contributed by atoms with Crippen LogP contribution in [0.25, 0.3) is 0 Å². The van der Waals surface area contributed by atoms with Crippen LogP contribution in [0.15, 0.2) is 24.3 Å². The van der Waals surface area contributed by atoms with Crippen molar-refractivity contribution in [3.63, 3.8) is 0 Å². The van der Waals surface area contributed by atoms with Crippen LogP contribution < -0.4 is 5.30 Å². The Morgan fingerprint density at radius 1 is 1.00 bits per heavy atom. The van der Waals surface area contributed by atoms with Crippen molar-refractivity contribution >= 4 is 14.1 Å². The lowest BCUT2D eigenvalue weighted by atomic mass is 10.0. The third-order valence-corrected chi connectivity index (χ3v) is 3.15. The summed E-state index contributed by atoms with van der Waals surface area (Å²) >= 11 is 0. The maximum absolute atomic E-state index is 5.56. The van der Waals surface area contributed by atoms with Crippen molar-refractivity contribution in [2.75, 3.05) is 0 Å². The monoisotopic (exact) mass is 210 g/mol. The molecule has 14 heavy (non-hydrogen) atoms. The largest absolute Gasteiger partial charge is 0.355 e. The summed E-state index contributed by atoms with van der Waals surface area (Å²) in [7, 11) is 0.475. The Kier molecular flexibility index (Phi) is 4.57. The zero-order valence-corrected chi connectivity index (χ0v) is 10.4. The minimum absolute atomic E-state index is 0.318. The highest BCUT2D eigenvalue weighted by molar-refractivity contribution is 7.41. The van der Waals surface area contributed by atoms with E-state index >= 15 is 0 Å². The summed E-state index contributed by atoms with van der Waals surface area (Å²) in [5.74, 6) is 0.610. The minimum atomic E-state index is 0.318. The summed E-state index contributed by atoms with van der Waals surface area (Å²) in [4.78, 5) is 0. The van der Waals surface area contributed by atoms with Crippen LogP contribution >= 0.6 is 8.81 Å². The van der Waals surface area contributed by atoms with Crippen molar-refractivity contribution in [2.24, 2.45) is 0 Å². The van der Waals surface area contributed by atoms with Gasteiger partial charge in [-0.15, -0.1) is 0 Å². The number of hydrogen-bond donors (Lipinski definition) is 0. The molecule has 0 radical (unpaired) electrons. The van der Waals surface area contributed by atoms with Gasteiger partial charge in [-0.2, -0.15) is 0 Å². The second-order valence-electron chi connectivity index (χ2n) is 4.05. The van der Waals surface area contributed by atoms with Gasteiger partial charge in [0.2, 0.25) is 0 Å². The van der Waals surface area contributed by atoms with E-state index in [4.69, 9.17) is 4.52 Å². The van der Waals surface area contributed by atoms with E-state index in [2.05, 4.69) is 52.0 Å². The summed E-state index contributed by atoms with van der Waals surface area (Å²) in [6, 6.07) is 8.71. The van der Waals surface area contributed by atoms with E-state index < -0.39 is 0 Å². The molecule has 78 valence electrons. The molecule has 0 bridgehead atoms. The van der Waals surface area contributed by atoms with Gasteiger partial charge in [-0.05, 0) is 30.6 Å². The lowest BCUT2D eigenvalue weighted by Gasteiger charge is -2.09. The molecule has 1 unspecified atom stereocenters. The molecule has 0 amide bonds. The lowest BCUT2D eigenvalue weighted by molar-refractivity contribution is 0.282. The Balaban J connectivity index is 2.55. The molecule has 1 nitrogen and oxygen atoms in total. The van der Waals surface area contributed by atoms with Crippen molar-refractivity contribution in [1.29, 1.82) is 0 Å². The van der Waals surface area contributed by atoms with Crippen LogP contribution in [-0.2, 0) is 4.52 Å². The second-order valence-corrected chi connectivity index (χ2v) is 5.06. The molecule has 1 atom stereocenters. The predicted octanol–water partition coefficient (Wildman–Crippen LogP) is 3.45. The topological polar surface area (TPSA) is 9.23 Å². The first-order valence-corrected chi connectivity index (χ1v) is 6.02. The normalized spacial score (nSPS) is 12.1. The summed E-state index contributed by atoms with van der Waals surface area (Å²) in [6.07, 6.45) is 0.318. The molecule has 1 rings (SSSR count). The van der Waals surface area contributed by atoms with Crippen molar-refractivity contribution in [3.05, 3.63) is 29.8 Å². The van der Waals surface area contributed by atoms with E-state index in [-0.39, 0.29) is 0 Å². The van der Waals surface area contributed by atoms with Crippen LogP contribution in [0.5, 0.6) is 0 Å². The number of benzene rings is 1. The van der Waals surface area contributed by atoms with Crippen LogP contribution in [0.3, 0.4) is 0 Å². The van der Waals surface area contributed by atoms with Crippen LogP contribution in [0.2, 0.25) is 0 Å². The van der Waals surface area contributed by atoms with E-state index in [9.17, 15) is 0 Å². The summed E-state index contributed by atoms with van der Waals surface area (Å²) < 4.78 is 5.56. The molecular formula is C12H19OP. The van der Waals surface area contributed by atoms with E-state index in [1.807, 2.05) is 0 Å². The quantitative estimate of drug-likeness (QED) is 0.691. The standard InChI is InChI=1S/C12H19OP/c1-9(2)11-5-7-12(8-6-11)14-13-10(3)4/h5-10,14H,1-4H3. The maximum atomic E-state index is 5.56. The van der Waals surface area contributed by atoms with Gasteiger partial charge in [0, 0.05) is 8.81 Å². The Morgan fingerprint density at radius 2 is 1.57 bits per heavy atom. The average Bonchev–Trinajstić information content (AvgIpc) is 2.15. The molecule has 0 aliphatic carbocycles. The molecule has 1 aromatic rings. The third kappa shape index (κ3) is 3.77. The summed E-state index contributed by atoms with van der Waals surface area (Å²) in [5, 5.41) is 1.28. The zero-order valence-electron chi connectivity index (χ0n) is 9.37. The molecule has 0 saturated heterocycles. The van der Waals surface area contributed by atoms with Crippen molar-refractivity contribution < 1.29 is 4.52 Å². The lowest BCUT2D eigenvalue weighted by Crippen LogP contribution is -2.01. The van der Waals surface area contributed by atoms with E-state index in [1.165, 1.54) is 10.9 Å². The highest BCUT2D eigenvalue weighted by Crippen LogP contribution is 2.18. The fourth-order valence-electron chi connectivity index (χ4n) is 1.12. The number of rotatable bonds is 4. The summed E-state index contributed by atoms with van der Waals surface area (Å²) in [6.45, 7) is 8.55. The molecule has 0 aliphatic heterocycles. The third-order valence-electron chi connectivity index (χ3n) is 1.99. The molecule has 0 heterocycles. The minimum Gasteiger partial charge on any atom is -0.355 e. The molecule has 0 saturated carbocycles. The highest BCUT2D eigenvalue weighted by Gasteiger charge is 2.00. The van der Waals surface area contributed by atoms with Gasteiger partial charge in [-0.25, -0.2) is 0 Å². The Morgan fingerprint density at radius 3 is 2.00 bits per heavy atom. The first-order valence-electron chi connectivity index (χ1n) is 5.11. The van der Waals surface area contributed by atoms with Crippen LogP contribution in [0.4, 0.5) is 0 Å². The van der Waals surface area contributed by atoms with Gasteiger partial charge in [0.05, 0.1) is 6.10 Å².